The van der Waals surface area contributed by atoms with Gasteiger partial charge in [-0.15, -0.1) is 0 Å². The van der Waals surface area contributed by atoms with Crippen molar-refractivity contribution in [3.8, 4) is 0 Å². The van der Waals surface area contributed by atoms with Crippen LogP contribution in [0.2, 0.25) is 0 Å². The molecule has 0 saturated heterocycles. The van der Waals surface area contributed by atoms with Gasteiger partial charge in [-0.1, -0.05) is 0 Å². The summed E-state index contributed by atoms with van der Waals surface area (Å²) in [6.07, 6.45) is 0. The normalized spacial score (nSPS) is 10.8. The van der Waals surface area contributed by atoms with Gasteiger partial charge in [0.15, 0.2) is 0 Å². The van der Waals surface area contributed by atoms with Crippen molar-refractivity contribution in [2.75, 3.05) is 15.4 Å². The lowest BCUT2D eigenvalue weighted by Gasteiger charge is -2.10. The molecule has 24 heavy (non-hydrogen) atoms. The zero-order valence-electron chi connectivity index (χ0n) is 13.2. The molecule has 7 nitrogen and oxygen atoms in total. The zero-order valence-corrected chi connectivity index (χ0v) is 14.0. The molecule has 0 spiro atoms. The molecular formula is C16H17N3O4S. The van der Waals surface area contributed by atoms with Gasteiger partial charge in [0.2, 0.25) is 11.8 Å². The molecule has 0 aliphatic heterocycles. The largest absolute Gasteiger partial charge is 0.326 e. The second-order valence-electron chi connectivity index (χ2n) is 5.07. The van der Waals surface area contributed by atoms with Gasteiger partial charge in [0.05, 0.1) is 4.90 Å². The molecular weight excluding hydrogens is 330 g/mol. The van der Waals surface area contributed by atoms with Gasteiger partial charge in [0.25, 0.3) is 10.0 Å². The molecule has 2 amide bonds. The third-order valence-corrected chi connectivity index (χ3v) is 4.34. The van der Waals surface area contributed by atoms with Crippen molar-refractivity contribution in [1.29, 1.82) is 0 Å². The molecule has 0 saturated carbocycles. The molecule has 3 N–H and O–H groups in total. The Balaban J connectivity index is 2.12. The number of carbonyl (C=O) groups is 2. The van der Waals surface area contributed by atoms with Crippen molar-refractivity contribution in [2.24, 2.45) is 0 Å². The van der Waals surface area contributed by atoms with Crippen LogP contribution in [0, 0.1) is 0 Å². The van der Waals surface area contributed by atoms with Gasteiger partial charge < -0.3 is 10.6 Å². The number of carbonyl (C=O) groups excluding carboxylic acids is 2. The van der Waals surface area contributed by atoms with Gasteiger partial charge in [-0.05, 0) is 48.5 Å². The Morgan fingerprint density at radius 2 is 1.08 bits per heavy atom. The number of anilines is 3. The molecule has 0 unspecified atom stereocenters. The first-order valence-corrected chi connectivity index (χ1v) is 8.53. The lowest BCUT2D eigenvalue weighted by atomic mass is 10.3. The van der Waals surface area contributed by atoms with Crippen LogP contribution in [0.3, 0.4) is 0 Å². The zero-order chi connectivity index (χ0) is 17.7. The molecule has 0 heterocycles. The highest BCUT2D eigenvalue weighted by molar-refractivity contribution is 7.92. The van der Waals surface area contributed by atoms with E-state index in [-0.39, 0.29) is 16.7 Å². The van der Waals surface area contributed by atoms with Crippen LogP contribution in [0.15, 0.2) is 53.4 Å². The number of rotatable bonds is 5. The second kappa shape index (κ2) is 7.14. The molecule has 2 aromatic rings. The lowest BCUT2D eigenvalue weighted by molar-refractivity contribution is -0.115. The SMILES string of the molecule is CC(=O)Nc1ccc(NS(=O)(=O)c2ccc(NC(C)=O)cc2)cc1. The van der Waals surface area contributed by atoms with Crippen molar-refractivity contribution >= 4 is 38.9 Å². The smallest absolute Gasteiger partial charge is 0.261 e. The molecule has 0 aromatic heterocycles. The van der Waals surface area contributed by atoms with E-state index in [0.29, 0.717) is 17.1 Å². The van der Waals surface area contributed by atoms with Crippen LogP contribution in [0.25, 0.3) is 0 Å². The van der Waals surface area contributed by atoms with Gasteiger partial charge in [0.1, 0.15) is 0 Å². The maximum atomic E-state index is 12.3. The number of sulfonamides is 1. The summed E-state index contributed by atoms with van der Waals surface area (Å²) in [6.45, 7) is 2.76. The maximum Gasteiger partial charge on any atom is 0.261 e. The number of nitrogens with one attached hydrogen (secondary N) is 3. The van der Waals surface area contributed by atoms with E-state index in [0.717, 1.165) is 0 Å². The number of amides is 2. The van der Waals surface area contributed by atoms with Crippen LogP contribution < -0.4 is 15.4 Å². The Bertz CT molecular complexity index is 844. The Morgan fingerprint density at radius 1 is 0.708 bits per heavy atom. The predicted molar refractivity (Wildman–Crippen MR) is 92.3 cm³/mol. The van der Waals surface area contributed by atoms with Gasteiger partial charge in [-0.2, -0.15) is 0 Å². The summed E-state index contributed by atoms with van der Waals surface area (Å²) in [6, 6.07) is 12.1. The molecule has 0 bridgehead atoms. The summed E-state index contributed by atoms with van der Waals surface area (Å²) in [7, 11) is -3.74. The van der Waals surface area contributed by atoms with Crippen LogP contribution in [-0.4, -0.2) is 20.2 Å². The van der Waals surface area contributed by atoms with Crippen LogP contribution in [0.4, 0.5) is 17.1 Å². The molecule has 0 atom stereocenters. The van der Waals surface area contributed by atoms with E-state index in [1.165, 1.54) is 38.1 Å². The van der Waals surface area contributed by atoms with Gasteiger partial charge in [0, 0.05) is 30.9 Å². The van der Waals surface area contributed by atoms with Crippen molar-refractivity contribution in [3.63, 3.8) is 0 Å². The van der Waals surface area contributed by atoms with Crippen molar-refractivity contribution < 1.29 is 18.0 Å². The fraction of sp³-hybridized carbons (Fsp3) is 0.125. The van der Waals surface area contributed by atoms with E-state index in [4.69, 9.17) is 0 Å². The molecule has 0 aliphatic rings. The summed E-state index contributed by atoms with van der Waals surface area (Å²) in [4.78, 5) is 22.0. The lowest BCUT2D eigenvalue weighted by Crippen LogP contribution is -2.13. The topological polar surface area (TPSA) is 104 Å². The summed E-state index contributed by atoms with van der Waals surface area (Å²) in [5.74, 6) is -0.439. The van der Waals surface area contributed by atoms with Crippen molar-refractivity contribution in [2.45, 2.75) is 18.7 Å². The van der Waals surface area contributed by atoms with Crippen LogP contribution in [0.1, 0.15) is 13.8 Å². The minimum atomic E-state index is -3.74. The Hall–Kier alpha value is -2.87. The van der Waals surface area contributed by atoms with E-state index in [2.05, 4.69) is 15.4 Å². The highest BCUT2D eigenvalue weighted by Gasteiger charge is 2.14. The monoisotopic (exact) mass is 347 g/mol. The Morgan fingerprint density at radius 3 is 1.50 bits per heavy atom. The van der Waals surface area contributed by atoms with E-state index < -0.39 is 10.0 Å². The molecule has 0 radical (unpaired) electrons. The molecule has 2 aromatic carbocycles. The second-order valence-corrected chi connectivity index (χ2v) is 6.75. The summed E-state index contributed by atoms with van der Waals surface area (Å²) in [5, 5.41) is 5.16. The third kappa shape index (κ3) is 4.82. The van der Waals surface area contributed by atoms with Crippen LogP contribution in [0.5, 0.6) is 0 Å². The fourth-order valence-corrected chi connectivity index (χ4v) is 3.02. The number of hydrogen-bond acceptors (Lipinski definition) is 4. The first-order valence-electron chi connectivity index (χ1n) is 7.04. The highest BCUT2D eigenvalue weighted by atomic mass is 32.2. The first kappa shape index (κ1) is 17.5. The average molecular weight is 347 g/mol. The molecule has 0 fully saturated rings. The van der Waals surface area contributed by atoms with Crippen LogP contribution in [-0.2, 0) is 19.6 Å². The maximum absolute atomic E-state index is 12.3. The Kier molecular flexibility index (Phi) is 5.20. The minimum Gasteiger partial charge on any atom is -0.326 e. The van der Waals surface area contributed by atoms with Crippen molar-refractivity contribution in [1.82, 2.24) is 0 Å². The summed E-state index contributed by atoms with van der Waals surface area (Å²) in [5.41, 5.74) is 1.46. The minimum absolute atomic E-state index is 0.0718. The van der Waals surface area contributed by atoms with E-state index >= 15 is 0 Å². The van der Waals surface area contributed by atoms with E-state index in [1.54, 1.807) is 24.3 Å². The molecule has 8 heteroatoms. The van der Waals surface area contributed by atoms with Gasteiger partial charge in [-0.25, -0.2) is 8.42 Å². The average Bonchev–Trinajstić information content (AvgIpc) is 2.48. The number of hydrogen-bond donors (Lipinski definition) is 3. The van der Waals surface area contributed by atoms with Crippen molar-refractivity contribution in [3.05, 3.63) is 48.5 Å². The van der Waals surface area contributed by atoms with E-state index in [9.17, 15) is 18.0 Å². The summed E-state index contributed by atoms with van der Waals surface area (Å²) < 4.78 is 27.1. The molecule has 2 rings (SSSR count). The standard InChI is InChI=1S/C16H17N3O4S/c1-11(20)17-13-3-5-15(6-4-13)19-24(22,23)16-9-7-14(8-10-16)18-12(2)21/h3-10,19H,1-2H3,(H,17,20)(H,18,21). The molecule has 126 valence electrons. The Labute approximate surface area is 140 Å². The quantitative estimate of drug-likeness (QED) is 0.772. The summed E-state index contributed by atoms with van der Waals surface area (Å²) >= 11 is 0. The van der Waals surface area contributed by atoms with Gasteiger partial charge >= 0.3 is 0 Å². The van der Waals surface area contributed by atoms with Gasteiger partial charge in [-0.3, -0.25) is 14.3 Å². The third-order valence-electron chi connectivity index (χ3n) is 2.94. The predicted octanol–water partition coefficient (Wildman–Crippen LogP) is 2.40. The number of benzene rings is 2. The van der Waals surface area contributed by atoms with Crippen LogP contribution >= 0.6 is 0 Å². The molecule has 0 aliphatic carbocycles. The van der Waals surface area contributed by atoms with E-state index in [1.807, 2.05) is 0 Å². The first-order chi connectivity index (χ1) is 11.3. The highest BCUT2D eigenvalue weighted by Crippen LogP contribution is 2.20. The fourth-order valence-electron chi connectivity index (χ4n) is 1.96.